The van der Waals surface area contributed by atoms with E-state index in [0.29, 0.717) is 17.1 Å². The third-order valence-corrected chi connectivity index (χ3v) is 2.46. The number of hydrogen-bond acceptors (Lipinski definition) is 6. The molecule has 0 saturated heterocycles. The molecule has 19 heavy (non-hydrogen) atoms. The SMILES string of the molecule is COc1cc(O)cc(-c2cc(C(=O)O)on2)c1OC. The lowest BCUT2D eigenvalue weighted by Gasteiger charge is -2.11. The Hall–Kier alpha value is -2.70. The van der Waals surface area contributed by atoms with Crippen LogP contribution in [-0.2, 0) is 0 Å². The summed E-state index contributed by atoms with van der Waals surface area (Å²) in [7, 11) is 2.85. The molecule has 0 unspecified atom stereocenters. The number of carbonyl (C=O) groups is 1. The Bertz CT molecular complexity index is 619. The van der Waals surface area contributed by atoms with Gasteiger partial charge in [-0.25, -0.2) is 4.79 Å². The minimum atomic E-state index is -1.23. The summed E-state index contributed by atoms with van der Waals surface area (Å²) in [6, 6.07) is 3.99. The zero-order valence-electron chi connectivity index (χ0n) is 10.2. The average Bonchev–Trinajstić information content (AvgIpc) is 2.87. The highest BCUT2D eigenvalue weighted by atomic mass is 16.5. The number of carboxylic acids is 1. The molecule has 1 aromatic heterocycles. The van der Waals surface area contributed by atoms with Gasteiger partial charge in [0.05, 0.1) is 19.8 Å². The molecule has 0 fully saturated rings. The summed E-state index contributed by atoms with van der Waals surface area (Å²) in [6.07, 6.45) is 0. The summed E-state index contributed by atoms with van der Waals surface area (Å²) in [5, 5.41) is 22.0. The molecule has 7 nitrogen and oxygen atoms in total. The fraction of sp³-hybridized carbons (Fsp3) is 0.167. The molecular weight excluding hydrogens is 254 g/mol. The number of methoxy groups -OCH3 is 2. The van der Waals surface area contributed by atoms with Crippen LogP contribution in [0.4, 0.5) is 0 Å². The van der Waals surface area contributed by atoms with Gasteiger partial charge in [-0.2, -0.15) is 0 Å². The number of ether oxygens (including phenoxy) is 2. The maximum atomic E-state index is 10.8. The molecule has 7 heteroatoms. The molecule has 1 heterocycles. The minimum Gasteiger partial charge on any atom is -0.508 e. The van der Waals surface area contributed by atoms with Gasteiger partial charge in [-0.05, 0) is 6.07 Å². The summed E-state index contributed by atoms with van der Waals surface area (Å²) in [4.78, 5) is 10.8. The van der Waals surface area contributed by atoms with Crippen LogP contribution in [0.1, 0.15) is 10.6 Å². The van der Waals surface area contributed by atoms with Crippen molar-refractivity contribution in [2.45, 2.75) is 0 Å². The first-order valence-electron chi connectivity index (χ1n) is 5.22. The molecule has 2 aromatic rings. The van der Waals surface area contributed by atoms with Crippen molar-refractivity contribution in [3.63, 3.8) is 0 Å². The predicted molar refractivity (Wildman–Crippen MR) is 63.7 cm³/mol. The Kier molecular flexibility index (Phi) is 3.28. The number of rotatable bonds is 4. The van der Waals surface area contributed by atoms with Crippen molar-refractivity contribution in [1.82, 2.24) is 5.16 Å². The van der Waals surface area contributed by atoms with Gasteiger partial charge >= 0.3 is 5.97 Å². The van der Waals surface area contributed by atoms with Gasteiger partial charge in [0, 0.05) is 12.1 Å². The van der Waals surface area contributed by atoms with Crippen molar-refractivity contribution in [3.05, 3.63) is 24.0 Å². The van der Waals surface area contributed by atoms with Crippen LogP contribution >= 0.6 is 0 Å². The van der Waals surface area contributed by atoms with Crippen molar-refractivity contribution in [2.75, 3.05) is 14.2 Å². The monoisotopic (exact) mass is 265 g/mol. The highest BCUT2D eigenvalue weighted by Gasteiger charge is 2.19. The fourth-order valence-corrected chi connectivity index (χ4v) is 1.64. The lowest BCUT2D eigenvalue weighted by Crippen LogP contribution is -1.94. The van der Waals surface area contributed by atoms with Crippen LogP contribution < -0.4 is 9.47 Å². The maximum absolute atomic E-state index is 10.8. The number of aromatic hydroxyl groups is 1. The quantitative estimate of drug-likeness (QED) is 0.868. The first kappa shape index (κ1) is 12.7. The Labute approximate surface area is 108 Å². The van der Waals surface area contributed by atoms with E-state index in [1.807, 2.05) is 0 Å². The van der Waals surface area contributed by atoms with Gasteiger partial charge in [0.15, 0.2) is 11.5 Å². The molecule has 0 atom stereocenters. The number of aromatic carboxylic acids is 1. The van der Waals surface area contributed by atoms with E-state index < -0.39 is 5.97 Å². The van der Waals surface area contributed by atoms with E-state index >= 15 is 0 Å². The highest BCUT2D eigenvalue weighted by Crippen LogP contribution is 2.40. The molecule has 0 aliphatic carbocycles. The van der Waals surface area contributed by atoms with Crippen LogP contribution in [0.5, 0.6) is 17.2 Å². The molecule has 0 bridgehead atoms. The Morgan fingerprint density at radius 3 is 2.53 bits per heavy atom. The largest absolute Gasteiger partial charge is 0.508 e. The van der Waals surface area contributed by atoms with Gasteiger partial charge in [0.1, 0.15) is 11.4 Å². The van der Waals surface area contributed by atoms with Gasteiger partial charge < -0.3 is 24.2 Å². The summed E-state index contributed by atoms with van der Waals surface area (Å²) < 4.78 is 14.9. The van der Waals surface area contributed by atoms with Crippen LogP contribution in [0.25, 0.3) is 11.3 Å². The molecule has 0 saturated carbocycles. The second-order valence-electron chi connectivity index (χ2n) is 3.61. The van der Waals surface area contributed by atoms with Crippen molar-refractivity contribution >= 4 is 5.97 Å². The van der Waals surface area contributed by atoms with Crippen molar-refractivity contribution in [2.24, 2.45) is 0 Å². The first-order valence-corrected chi connectivity index (χ1v) is 5.22. The van der Waals surface area contributed by atoms with E-state index in [2.05, 4.69) is 9.68 Å². The van der Waals surface area contributed by atoms with Crippen molar-refractivity contribution in [1.29, 1.82) is 0 Å². The highest BCUT2D eigenvalue weighted by molar-refractivity contribution is 5.86. The van der Waals surface area contributed by atoms with Crippen LogP contribution in [0, 0.1) is 0 Å². The van der Waals surface area contributed by atoms with Crippen LogP contribution in [0.15, 0.2) is 22.7 Å². The third kappa shape index (κ3) is 2.30. The summed E-state index contributed by atoms with van der Waals surface area (Å²) >= 11 is 0. The summed E-state index contributed by atoms with van der Waals surface area (Å²) in [6.45, 7) is 0. The molecule has 0 radical (unpaired) electrons. The van der Waals surface area contributed by atoms with Gasteiger partial charge in [-0.3, -0.25) is 0 Å². The second-order valence-corrected chi connectivity index (χ2v) is 3.61. The van der Waals surface area contributed by atoms with E-state index in [4.69, 9.17) is 14.6 Å². The van der Waals surface area contributed by atoms with Crippen molar-refractivity contribution in [3.8, 4) is 28.5 Å². The van der Waals surface area contributed by atoms with E-state index in [1.165, 1.54) is 32.4 Å². The van der Waals surface area contributed by atoms with Crippen LogP contribution in [0.2, 0.25) is 0 Å². The fourth-order valence-electron chi connectivity index (χ4n) is 1.64. The summed E-state index contributed by atoms with van der Waals surface area (Å²) in [5.74, 6) is -0.973. The smallest absolute Gasteiger partial charge is 0.374 e. The van der Waals surface area contributed by atoms with Gasteiger partial charge in [0.2, 0.25) is 5.76 Å². The molecule has 1 aromatic carbocycles. The van der Waals surface area contributed by atoms with E-state index in [-0.39, 0.29) is 17.2 Å². The standard InChI is InChI=1S/C12H11NO6/c1-17-9-4-6(14)3-7(11(9)18-2)8-5-10(12(15)16)19-13-8/h3-5,14H,1-2H3,(H,15,16). The third-order valence-electron chi connectivity index (χ3n) is 2.46. The van der Waals surface area contributed by atoms with E-state index in [0.717, 1.165) is 0 Å². The van der Waals surface area contributed by atoms with Crippen LogP contribution in [-0.4, -0.2) is 35.6 Å². The number of phenols is 1. The number of nitrogens with zero attached hydrogens (tertiary/aromatic N) is 1. The Balaban J connectivity index is 2.59. The topological polar surface area (TPSA) is 102 Å². The minimum absolute atomic E-state index is 0.0625. The number of hydrogen-bond donors (Lipinski definition) is 2. The molecule has 2 rings (SSSR count). The zero-order chi connectivity index (χ0) is 14.0. The van der Waals surface area contributed by atoms with Gasteiger partial charge in [-0.15, -0.1) is 0 Å². The normalized spacial score (nSPS) is 10.2. The Morgan fingerprint density at radius 1 is 1.26 bits per heavy atom. The molecule has 0 aliphatic heterocycles. The Morgan fingerprint density at radius 2 is 2.00 bits per heavy atom. The van der Waals surface area contributed by atoms with E-state index in [9.17, 15) is 9.90 Å². The molecule has 100 valence electrons. The molecule has 0 aliphatic rings. The first-order chi connectivity index (χ1) is 9.06. The number of benzene rings is 1. The molecule has 0 spiro atoms. The number of carboxylic acid groups (broad SMARTS) is 1. The molecule has 0 amide bonds. The summed E-state index contributed by atoms with van der Waals surface area (Å²) in [5.41, 5.74) is 0.596. The van der Waals surface area contributed by atoms with Crippen molar-refractivity contribution < 1.29 is 29.0 Å². The van der Waals surface area contributed by atoms with Gasteiger partial charge in [-0.1, -0.05) is 5.16 Å². The number of aromatic nitrogens is 1. The van der Waals surface area contributed by atoms with E-state index in [1.54, 1.807) is 0 Å². The molecule has 2 N–H and O–H groups in total. The zero-order valence-corrected chi connectivity index (χ0v) is 10.2. The second kappa shape index (κ2) is 4.89. The predicted octanol–water partition coefficient (Wildman–Crippen LogP) is 1.76. The maximum Gasteiger partial charge on any atom is 0.374 e. The average molecular weight is 265 g/mol. The van der Waals surface area contributed by atoms with Gasteiger partial charge in [0.25, 0.3) is 0 Å². The number of phenolic OH excluding ortho intramolecular Hbond substituents is 1. The molecular formula is C12H11NO6. The lowest BCUT2D eigenvalue weighted by atomic mass is 10.1. The van der Waals surface area contributed by atoms with Crippen LogP contribution in [0.3, 0.4) is 0 Å². The lowest BCUT2D eigenvalue weighted by molar-refractivity contribution is 0.0652.